The van der Waals surface area contributed by atoms with E-state index in [0.717, 1.165) is 11.1 Å². The van der Waals surface area contributed by atoms with Gasteiger partial charge in [0.1, 0.15) is 0 Å². The molecule has 4 N–H and O–H groups in total. The Morgan fingerprint density at radius 2 is 1.70 bits per heavy atom. The van der Waals surface area contributed by atoms with E-state index in [0.29, 0.717) is 19.4 Å². The number of hydrogen-bond acceptors (Lipinski definition) is 3. The van der Waals surface area contributed by atoms with Crippen LogP contribution >= 0.6 is 0 Å². The van der Waals surface area contributed by atoms with Crippen LogP contribution < -0.4 is 11.1 Å². The monoisotopic (exact) mass is 310 g/mol. The maximum absolute atomic E-state index is 12.1. The summed E-state index contributed by atoms with van der Waals surface area (Å²) in [5.41, 5.74) is 9.15. The lowest BCUT2D eigenvalue weighted by atomic mass is 10.0. The second kappa shape index (κ2) is 6.94. The maximum atomic E-state index is 12.1. The molecule has 2 aromatic rings. The summed E-state index contributed by atoms with van der Waals surface area (Å²) in [5.74, 6) is -0.201. The molecule has 1 amide bonds. The quantitative estimate of drug-likeness (QED) is 0.809. The molecule has 1 saturated carbocycles. The standard InChI is InChI=1S/C19H22N2O2/c20-17-10-16(11-18(17)22)19(23)21-12-13-6-8-15(9-7-13)14-4-2-1-3-5-14/h1-9,16-18,22H,10-12,20H2,(H,21,23)/t16-,17-,18-/m0/s1. The SMILES string of the molecule is N[C@H]1C[C@H](C(=O)NCc2ccc(-c3ccccc3)cc2)C[C@@H]1O. The Hall–Kier alpha value is -2.17. The Balaban J connectivity index is 1.56. The molecule has 0 radical (unpaired) electrons. The van der Waals surface area contributed by atoms with E-state index in [1.807, 2.05) is 30.3 Å². The van der Waals surface area contributed by atoms with Gasteiger partial charge in [-0.2, -0.15) is 0 Å². The molecule has 120 valence electrons. The number of carbonyl (C=O) groups excluding carboxylic acids is 1. The van der Waals surface area contributed by atoms with Crippen LogP contribution in [0.3, 0.4) is 0 Å². The smallest absolute Gasteiger partial charge is 0.223 e. The Kier molecular flexibility index (Phi) is 4.74. The average molecular weight is 310 g/mol. The van der Waals surface area contributed by atoms with Crippen molar-refractivity contribution in [2.24, 2.45) is 11.7 Å². The van der Waals surface area contributed by atoms with E-state index in [-0.39, 0.29) is 17.9 Å². The molecule has 1 aliphatic rings. The molecular formula is C19H22N2O2. The summed E-state index contributed by atoms with van der Waals surface area (Å²) < 4.78 is 0. The van der Waals surface area contributed by atoms with E-state index in [4.69, 9.17) is 5.73 Å². The van der Waals surface area contributed by atoms with Crippen LogP contribution in [-0.4, -0.2) is 23.2 Å². The van der Waals surface area contributed by atoms with Gasteiger partial charge in [-0.15, -0.1) is 0 Å². The third kappa shape index (κ3) is 3.78. The molecule has 0 spiro atoms. The number of carbonyl (C=O) groups is 1. The minimum Gasteiger partial charge on any atom is -0.391 e. The fourth-order valence-corrected chi connectivity index (χ4v) is 3.04. The van der Waals surface area contributed by atoms with Crippen LogP contribution in [0.4, 0.5) is 0 Å². The molecule has 0 aromatic heterocycles. The van der Waals surface area contributed by atoms with E-state index in [2.05, 4.69) is 29.6 Å². The van der Waals surface area contributed by atoms with Gasteiger partial charge < -0.3 is 16.2 Å². The first-order valence-electron chi connectivity index (χ1n) is 7.99. The van der Waals surface area contributed by atoms with Crippen LogP contribution in [0.1, 0.15) is 18.4 Å². The molecule has 0 aliphatic heterocycles. The molecule has 0 heterocycles. The molecule has 4 heteroatoms. The lowest BCUT2D eigenvalue weighted by molar-refractivity contribution is -0.125. The molecule has 0 saturated heterocycles. The third-order valence-corrected chi connectivity index (χ3v) is 4.48. The summed E-state index contributed by atoms with van der Waals surface area (Å²) in [4.78, 5) is 12.1. The van der Waals surface area contributed by atoms with Crippen molar-refractivity contribution < 1.29 is 9.90 Å². The highest BCUT2D eigenvalue weighted by molar-refractivity contribution is 5.79. The third-order valence-electron chi connectivity index (χ3n) is 4.48. The van der Waals surface area contributed by atoms with Crippen molar-refractivity contribution in [3.8, 4) is 11.1 Å². The minimum absolute atomic E-state index is 0.0239. The van der Waals surface area contributed by atoms with Crippen LogP contribution in [0, 0.1) is 5.92 Å². The average Bonchev–Trinajstić information content (AvgIpc) is 2.93. The first kappa shape index (κ1) is 15.7. The Morgan fingerprint density at radius 3 is 2.30 bits per heavy atom. The summed E-state index contributed by atoms with van der Waals surface area (Å²) in [6.45, 7) is 0.496. The molecule has 1 fully saturated rings. The highest BCUT2D eigenvalue weighted by Crippen LogP contribution is 2.25. The Bertz CT molecular complexity index is 645. The molecule has 3 atom stereocenters. The van der Waals surface area contributed by atoms with E-state index >= 15 is 0 Å². The lowest BCUT2D eigenvalue weighted by Crippen LogP contribution is -2.30. The predicted molar refractivity (Wildman–Crippen MR) is 90.4 cm³/mol. The van der Waals surface area contributed by atoms with Gasteiger partial charge in [-0.3, -0.25) is 4.79 Å². The molecule has 2 aromatic carbocycles. The van der Waals surface area contributed by atoms with Crippen molar-refractivity contribution in [3.63, 3.8) is 0 Å². The number of hydrogen-bond donors (Lipinski definition) is 3. The summed E-state index contributed by atoms with van der Waals surface area (Å²) in [6.07, 6.45) is 0.454. The number of amides is 1. The molecule has 1 aliphatic carbocycles. The molecule has 0 unspecified atom stereocenters. The normalized spacial score (nSPS) is 23.7. The second-order valence-corrected chi connectivity index (χ2v) is 6.18. The number of rotatable bonds is 4. The van der Waals surface area contributed by atoms with Crippen molar-refractivity contribution in [3.05, 3.63) is 60.2 Å². The Morgan fingerprint density at radius 1 is 1.04 bits per heavy atom. The molecule has 3 rings (SSSR count). The van der Waals surface area contributed by atoms with Gasteiger partial charge in [0.2, 0.25) is 5.91 Å². The van der Waals surface area contributed by atoms with Crippen LogP contribution in [0.25, 0.3) is 11.1 Å². The van der Waals surface area contributed by atoms with Gasteiger partial charge in [-0.05, 0) is 29.5 Å². The van der Waals surface area contributed by atoms with E-state index < -0.39 is 6.10 Å². The van der Waals surface area contributed by atoms with Gasteiger partial charge in [-0.1, -0.05) is 54.6 Å². The van der Waals surface area contributed by atoms with Gasteiger partial charge in [0.25, 0.3) is 0 Å². The van der Waals surface area contributed by atoms with Crippen molar-refractivity contribution in [2.75, 3.05) is 0 Å². The zero-order valence-electron chi connectivity index (χ0n) is 13.0. The summed E-state index contributed by atoms with van der Waals surface area (Å²) in [7, 11) is 0. The molecule has 4 nitrogen and oxygen atoms in total. The van der Waals surface area contributed by atoms with Crippen molar-refractivity contribution in [1.82, 2.24) is 5.32 Å². The number of aliphatic hydroxyl groups is 1. The van der Waals surface area contributed by atoms with Crippen LogP contribution in [0.2, 0.25) is 0 Å². The second-order valence-electron chi connectivity index (χ2n) is 6.18. The van der Waals surface area contributed by atoms with E-state index in [9.17, 15) is 9.90 Å². The molecule has 0 bridgehead atoms. The number of nitrogens with two attached hydrogens (primary N) is 1. The van der Waals surface area contributed by atoms with Crippen molar-refractivity contribution in [1.29, 1.82) is 0 Å². The summed E-state index contributed by atoms with van der Waals surface area (Å²) >= 11 is 0. The fraction of sp³-hybridized carbons (Fsp3) is 0.316. The summed E-state index contributed by atoms with van der Waals surface area (Å²) in [6, 6.07) is 18.1. The predicted octanol–water partition coefficient (Wildman–Crippen LogP) is 2.07. The first-order valence-corrected chi connectivity index (χ1v) is 7.99. The zero-order chi connectivity index (χ0) is 16.2. The number of nitrogens with one attached hydrogen (secondary N) is 1. The minimum atomic E-state index is -0.559. The highest BCUT2D eigenvalue weighted by Gasteiger charge is 2.34. The number of benzene rings is 2. The van der Waals surface area contributed by atoms with Crippen LogP contribution in [-0.2, 0) is 11.3 Å². The zero-order valence-corrected chi connectivity index (χ0v) is 13.0. The summed E-state index contributed by atoms with van der Waals surface area (Å²) in [5, 5.41) is 12.6. The van der Waals surface area contributed by atoms with Gasteiger partial charge >= 0.3 is 0 Å². The highest BCUT2D eigenvalue weighted by atomic mass is 16.3. The first-order chi connectivity index (χ1) is 11.1. The van der Waals surface area contributed by atoms with Crippen molar-refractivity contribution >= 4 is 5.91 Å². The van der Waals surface area contributed by atoms with Gasteiger partial charge in [0.15, 0.2) is 0 Å². The molecular weight excluding hydrogens is 288 g/mol. The van der Waals surface area contributed by atoms with Gasteiger partial charge in [-0.25, -0.2) is 0 Å². The fourth-order valence-electron chi connectivity index (χ4n) is 3.04. The maximum Gasteiger partial charge on any atom is 0.223 e. The Labute approximate surface area is 136 Å². The van der Waals surface area contributed by atoms with Crippen molar-refractivity contribution in [2.45, 2.75) is 31.5 Å². The van der Waals surface area contributed by atoms with Crippen LogP contribution in [0.5, 0.6) is 0 Å². The largest absolute Gasteiger partial charge is 0.391 e. The van der Waals surface area contributed by atoms with Crippen LogP contribution in [0.15, 0.2) is 54.6 Å². The van der Waals surface area contributed by atoms with Gasteiger partial charge in [0.05, 0.1) is 6.10 Å². The molecule has 23 heavy (non-hydrogen) atoms. The topological polar surface area (TPSA) is 75.4 Å². The van der Waals surface area contributed by atoms with Gasteiger partial charge in [0, 0.05) is 18.5 Å². The van der Waals surface area contributed by atoms with E-state index in [1.54, 1.807) is 0 Å². The lowest BCUT2D eigenvalue weighted by Gasteiger charge is -2.11. The van der Waals surface area contributed by atoms with E-state index in [1.165, 1.54) is 5.56 Å². The number of aliphatic hydroxyl groups excluding tert-OH is 1.